The van der Waals surface area contributed by atoms with Crippen molar-refractivity contribution in [2.24, 2.45) is 0 Å². The summed E-state index contributed by atoms with van der Waals surface area (Å²) in [5.74, 6) is 0. The predicted molar refractivity (Wildman–Crippen MR) is 72.6 cm³/mol. The number of rotatable bonds is 3. The molecule has 2 atom stereocenters. The van der Waals surface area contributed by atoms with Crippen LogP contribution in [0.25, 0.3) is 0 Å². The fourth-order valence-electron chi connectivity index (χ4n) is 3.38. The Balaban J connectivity index is 1.87. The van der Waals surface area contributed by atoms with E-state index in [1.165, 1.54) is 19.3 Å². The van der Waals surface area contributed by atoms with E-state index in [-0.39, 0.29) is 12.7 Å². The van der Waals surface area contributed by atoms with Crippen LogP contribution in [0.1, 0.15) is 38.5 Å². The first-order valence-corrected chi connectivity index (χ1v) is 7.56. The van der Waals surface area contributed by atoms with Crippen molar-refractivity contribution in [1.29, 1.82) is 0 Å². The van der Waals surface area contributed by atoms with Crippen LogP contribution >= 0.6 is 0 Å². The third-order valence-electron chi connectivity index (χ3n) is 4.45. The van der Waals surface area contributed by atoms with Gasteiger partial charge in [0.25, 0.3) is 0 Å². The minimum Gasteiger partial charge on any atom is -0.395 e. The van der Waals surface area contributed by atoms with Crippen molar-refractivity contribution in [3.05, 3.63) is 0 Å². The lowest BCUT2D eigenvalue weighted by molar-refractivity contribution is 0.0456. The average molecular weight is 256 g/mol. The zero-order chi connectivity index (χ0) is 12.8. The molecule has 2 aliphatic rings. The maximum atomic E-state index is 10.3. The molecule has 0 bridgehead atoms. The van der Waals surface area contributed by atoms with E-state index >= 15 is 0 Å². The molecule has 0 aromatic rings. The molecular weight excluding hydrogens is 228 g/mol. The summed E-state index contributed by atoms with van der Waals surface area (Å²) in [6.07, 6.45) is 6.88. The molecule has 0 aromatic heterocycles. The number of aliphatic hydroxyl groups excluding tert-OH is 2. The zero-order valence-corrected chi connectivity index (χ0v) is 11.4. The summed E-state index contributed by atoms with van der Waals surface area (Å²) in [5.41, 5.74) is 0. The molecule has 18 heavy (non-hydrogen) atoms. The molecule has 2 rings (SSSR count). The number of aliphatic hydroxyl groups is 2. The Kier molecular flexibility index (Phi) is 5.89. The van der Waals surface area contributed by atoms with Crippen LogP contribution in [0.15, 0.2) is 0 Å². The van der Waals surface area contributed by atoms with E-state index in [0.717, 1.165) is 52.0 Å². The maximum Gasteiger partial charge on any atom is 0.0695 e. The molecule has 2 N–H and O–H groups in total. The van der Waals surface area contributed by atoms with Crippen molar-refractivity contribution in [3.8, 4) is 0 Å². The van der Waals surface area contributed by atoms with Crippen LogP contribution in [0.2, 0.25) is 0 Å². The predicted octanol–water partition coefficient (Wildman–Crippen LogP) is 0.680. The highest BCUT2D eigenvalue weighted by atomic mass is 16.3. The highest BCUT2D eigenvalue weighted by molar-refractivity contribution is 4.84. The van der Waals surface area contributed by atoms with E-state index in [1.807, 2.05) is 0 Å². The van der Waals surface area contributed by atoms with Crippen molar-refractivity contribution < 1.29 is 10.2 Å². The lowest BCUT2D eigenvalue weighted by Crippen LogP contribution is -2.45. The van der Waals surface area contributed by atoms with Gasteiger partial charge >= 0.3 is 0 Å². The van der Waals surface area contributed by atoms with Gasteiger partial charge in [0.15, 0.2) is 0 Å². The molecule has 1 aliphatic carbocycles. The van der Waals surface area contributed by atoms with Gasteiger partial charge in [-0.25, -0.2) is 0 Å². The second-order valence-corrected chi connectivity index (χ2v) is 5.73. The van der Waals surface area contributed by atoms with Crippen molar-refractivity contribution >= 4 is 0 Å². The first kappa shape index (κ1) is 14.3. The second kappa shape index (κ2) is 7.43. The summed E-state index contributed by atoms with van der Waals surface area (Å²) in [6, 6.07) is 0.376. The van der Waals surface area contributed by atoms with E-state index in [9.17, 15) is 5.11 Å². The van der Waals surface area contributed by atoms with Gasteiger partial charge in [-0.2, -0.15) is 0 Å². The molecule has 1 saturated carbocycles. The van der Waals surface area contributed by atoms with Crippen LogP contribution in [0.5, 0.6) is 0 Å². The fraction of sp³-hybridized carbons (Fsp3) is 1.00. The Morgan fingerprint density at radius 2 is 1.72 bits per heavy atom. The first-order chi connectivity index (χ1) is 8.81. The van der Waals surface area contributed by atoms with Crippen molar-refractivity contribution in [1.82, 2.24) is 9.80 Å². The molecule has 0 aromatic carbocycles. The Hall–Kier alpha value is -0.160. The molecule has 1 heterocycles. The van der Waals surface area contributed by atoms with Gasteiger partial charge in [0.05, 0.1) is 12.7 Å². The zero-order valence-electron chi connectivity index (χ0n) is 11.4. The Bertz CT molecular complexity index is 238. The minimum absolute atomic E-state index is 0.128. The third-order valence-corrected chi connectivity index (χ3v) is 4.45. The van der Waals surface area contributed by atoms with E-state index in [4.69, 9.17) is 5.11 Å². The van der Waals surface area contributed by atoms with E-state index in [2.05, 4.69) is 9.80 Å². The normalized spacial score (nSPS) is 33.0. The second-order valence-electron chi connectivity index (χ2n) is 5.73. The van der Waals surface area contributed by atoms with Crippen LogP contribution in [0, 0.1) is 0 Å². The molecule has 0 spiro atoms. The fourth-order valence-corrected chi connectivity index (χ4v) is 3.38. The van der Waals surface area contributed by atoms with E-state index < -0.39 is 0 Å². The number of hydrogen-bond acceptors (Lipinski definition) is 4. The van der Waals surface area contributed by atoms with Gasteiger partial charge < -0.3 is 10.2 Å². The molecule has 4 nitrogen and oxygen atoms in total. The minimum atomic E-state index is -0.128. The van der Waals surface area contributed by atoms with E-state index in [1.54, 1.807) is 0 Å². The highest BCUT2D eigenvalue weighted by Gasteiger charge is 2.28. The first-order valence-electron chi connectivity index (χ1n) is 7.56. The Labute approximate surface area is 111 Å². The van der Waals surface area contributed by atoms with Crippen molar-refractivity contribution in [2.45, 2.75) is 50.7 Å². The maximum absolute atomic E-state index is 10.3. The van der Waals surface area contributed by atoms with Gasteiger partial charge in [0, 0.05) is 25.7 Å². The summed E-state index contributed by atoms with van der Waals surface area (Å²) in [4.78, 5) is 4.83. The number of hydrogen-bond donors (Lipinski definition) is 2. The molecule has 106 valence electrons. The molecule has 1 saturated heterocycles. The van der Waals surface area contributed by atoms with Gasteiger partial charge in [-0.15, -0.1) is 0 Å². The van der Waals surface area contributed by atoms with Gasteiger partial charge in [0.2, 0.25) is 0 Å². The monoisotopic (exact) mass is 256 g/mol. The smallest absolute Gasteiger partial charge is 0.0695 e. The Morgan fingerprint density at radius 1 is 0.889 bits per heavy atom. The van der Waals surface area contributed by atoms with E-state index in [0.29, 0.717) is 6.04 Å². The summed E-state index contributed by atoms with van der Waals surface area (Å²) in [5, 5.41) is 19.3. The van der Waals surface area contributed by atoms with Gasteiger partial charge in [-0.3, -0.25) is 9.80 Å². The van der Waals surface area contributed by atoms with Crippen molar-refractivity contribution in [3.63, 3.8) is 0 Å². The molecule has 0 radical (unpaired) electrons. The summed E-state index contributed by atoms with van der Waals surface area (Å²) in [7, 11) is 0. The summed E-state index contributed by atoms with van der Waals surface area (Å²) in [6.45, 7) is 5.31. The lowest BCUT2D eigenvalue weighted by atomic mass is 10.0. The molecule has 2 fully saturated rings. The van der Waals surface area contributed by atoms with Crippen LogP contribution in [-0.4, -0.2) is 71.5 Å². The highest BCUT2D eigenvalue weighted by Crippen LogP contribution is 2.23. The SMILES string of the molecule is OCCN1CCCN(C2CCCCCC2O)CC1. The van der Waals surface area contributed by atoms with Gasteiger partial charge in [-0.05, 0) is 32.4 Å². The van der Waals surface area contributed by atoms with Crippen LogP contribution in [0.4, 0.5) is 0 Å². The Morgan fingerprint density at radius 3 is 2.56 bits per heavy atom. The number of nitrogens with zero attached hydrogens (tertiary/aromatic N) is 2. The van der Waals surface area contributed by atoms with Gasteiger partial charge in [0.1, 0.15) is 0 Å². The molecule has 2 unspecified atom stereocenters. The molecule has 1 aliphatic heterocycles. The van der Waals surface area contributed by atoms with Crippen LogP contribution in [0.3, 0.4) is 0 Å². The standard InChI is InChI=1S/C14H28N2O2/c17-12-11-15-7-4-8-16(10-9-15)13-5-2-1-3-6-14(13)18/h13-14,17-18H,1-12H2. The lowest BCUT2D eigenvalue weighted by Gasteiger charge is -2.33. The average Bonchev–Trinajstić information content (AvgIpc) is 2.70. The third kappa shape index (κ3) is 3.92. The van der Waals surface area contributed by atoms with Crippen LogP contribution < -0.4 is 0 Å². The molecule has 0 amide bonds. The quantitative estimate of drug-likeness (QED) is 0.729. The van der Waals surface area contributed by atoms with Crippen LogP contribution in [-0.2, 0) is 0 Å². The molecule has 4 heteroatoms. The summed E-state index contributed by atoms with van der Waals surface area (Å²) < 4.78 is 0. The molecular formula is C14H28N2O2. The largest absolute Gasteiger partial charge is 0.395 e. The summed E-state index contributed by atoms with van der Waals surface area (Å²) >= 11 is 0. The van der Waals surface area contributed by atoms with Gasteiger partial charge in [-0.1, -0.05) is 19.3 Å². The van der Waals surface area contributed by atoms with Crippen molar-refractivity contribution in [2.75, 3.05) is 39.3 Å². The topological polar surface area (TPSA) is 46.9 Å². The number of β-amino-alcohol motifs (C(OH)–C–C–N with tert-alkyl or cyclic N) is 1.